The van der Waals surface area contributed by atoms with E-state index < -0.39 is 0 Å². The van der Waals surface area contributed by atoms with Crippen LogP contribution in [0.3, 0.4) is 0 Å². The molecule has 5 nitrogen and oxygen atoms in total. The molecular formula is C12H14N2O3. The van der Waals surface area contributed by atoms with Crippen LogP contribution in [-0.2, 0) is 4.74 Å². The molecule has 2 saturated heterocycles. The molecule has 0 aliphatic carbocycles. The van der Waals surface area contributed by atoms with Gasteiger partial charge in [-0.15, -0.1) is 0 Å². The van der Waals surface area contributed by atoms with Gasteiger partial charge in [-0.25, -0.2) is 4.79 Å². The summed E-state index contributed by atoms with van der Waals surface area (Å²) in [7, 11) is 0. The summed E-state index contributed by atoms with van der Waals surface area (Å²) in [6, 6.07) is 6.88. The third-order valence-electron chi connectivity index (χ3n) is 3.31. The third-order valence-corrected chi connectivity index (χ3v) is 3.31. The lowest BCUT2D eigenvalue weighted by Gasteiger charge is -2.28. The summed E-state index contributed by atoms with van der Waals surface area (Å²) < 4.78 is 5.30. The third kappa shape index (κ3) is 1.63. The van der Waals surface area contributed by atoms with Crippen molar-refractivity contribution in [1.82, 2.24) is 5.32 Å². The first-order chi connectivity index (χ1) is 8.27. The number of piperidine rings is 1. The van der Waals surface area contributed by atoms with Crippen molar-refractivity contribution in [3.8, 4) is 5.75 Å². The number of hydrogen-bond donors (Lipinski definition) is 2. The van der Waals surface area contributed by atoms with Crippen LogP contribution in [0.2, 0.25) is 0 Å². The van der Waals surface area contributed by atoms with E-state index in [9.17, 15) is 9.90 Å². The predicted molar refractivity (Wildman–Crippen MR) is 62.1 cm³/mol. The van der Waals surface area contributed by atoms with Gasteiger partial charge in [-0.3, -0.25) is 4.90 Å². The second kappa shape index (κ2) is 3.92. The Morgan fingerprint density at radius 3 is 3.06 bits per heavy atom. The fourth-order valence-electron chi connectivity index (χ4n) is 2.50. The van der Waals surface area contributed by atoms with Crippen molar-refractivity contribution in [2.45, 2.75) is 18.6 Å². The van der Waals surface area contributed by atoms with E-state index >= 15 is 0 Å². The van der Waals surface area contributed by atoms with Gasteiger partial charge >= 0.3 is 6.09 Å². The molecule has 17 heavy (non-hydrogen) atoms. The molecule has 3 rings (SSSR count). The molecule has 5 heteroatoms. The van der Waals surface area contributed by atoms with Gasteiger partial charge in [0.05, 0.1) is 11.7 Å². The molecule has 2 aliphatic heterocycles. The zero-order valence-electron chi connectivity index (χ0n) is 9.30. The maximum Gasteiger partial charge on any atom is 0.415 e. The number of phenols is 1. The van der Waals surface area contributed by atoms with E-state index in [4.69, 9.17) is 4.74 Å². The second-order valence-corrected chi connectivity index (χ2v) is 4.34. The van der Waals surface area contributed by atoms with Crippen LogP contribution in [0, 0.1) is 0 Å². The molecule has 0 saturated carbocycles. The summed E-state index contributed by atoms with van der Waals surface area (Å²) >= 11 is 0. The van der Waals surface area contributed by atoms with E-state index in [1.165, 1.54) is 0 Å². The summed E-state index contributed by atoms with van der Waals surface area (Å²) in [4.78, 5) is 13.4. The number of anilines is 1. The van der Waals surface area contributed by atoms with Gasteiger partial charge in [0, 0.05) is 6.54 Å². The number of nitrogens with zero attached hydrogens (tertiary/aromatic N) is 1. The molecule has 0 aromatic heterocycles. The van der Waals surface area contributed by atoms with Crippen molar-refractivity contribution in [1.29, 1.82) is 0 Å². The number of ether oxygens (including phenoxy) is 1. The van der Waals surface area contributed by atoms with Gasteiger partial charge in [0.25, 0.3) is 0 Å². The lowest BCUT2D eigenvalue weighted by atomic mass is 10.0. The molecule has 2 aliphatic rings. The van der Waals surface area contributed by atoms with E-state index in [0.29, 0.717) is 12.2 Å². The Morgan fingerprint density at radius 1 is 1.41 bits per heavy atom. The highest BCUT2D eigenvalue weighted by molar-refractivity contribution is 5.92. The number of para-hydroxylation sites is 2. The Balaban J connectivity index is 1.96. The maximum atomic E-state index is 11.9. The number of carbonyl (C=O) groups is 1. The van der Waals surface area contributed by atoms with Crippen molar-refractivity contribution in [2.24, 2.45) is 0 Å². The monoisotopic (exact) mass is 234 g/mol. The number of phenolic OH excluding ortho intramolecular Hbond substituents is 1. The van der Waals surface area contributed by atoms with Crippen LogP contribution in [0.4, 0.5) is 10.5 Å². The van der Waals surface area contributed by atoms with Crippen molar-refractivity contribution < 1.29 is 14.6 Å². The van der Waals surface area contributed by atoms with Crippen molar-refractivity contribution in [3.05, 3.63) is 24.3 Å². The predicted octanol–water partition coefficient (Wildman–Crippen LogP) is 1.08. The summed E-state index contributed by atoms with van der Waals surface area (Å²) in [5.74, 6) is 0.114. The van der Waals surface area contributed by atoms with Crippen molar-refractivity contribution in [3.63, 3.8) is 0 Å². The molecule has 1 aromatic rings. The van der Waals surface area contributed by atoms with E-state index in [2.05, 4.69) is 5.32 Å². The zero-order valence-corrected chi connectivity index (χ0v) is 9.30. The van der Waals surface area contributed by atoms with Crippen LogP contribution < -0.4 is 10.2 Å². The van der Waals surface area contributed by atoms with Gasteiger partial charge in [-0.2, -0.15) is 0 Å². The maximum absolute atomic E-state index is 11.9. The molecule has 2 unspecified atom stereocenters. The minimum atomic E-state index is -0.370. The minimum Gasteiger partial charge on any atom is -0.506 e. The molecule has 2 fully saturated rings. The van der Waals surface area contributed by atoms with Crippen LogP contribution in [0.1, 0.15) is 6.42 Å². The van der Waals surface area contributed by atoms with Gasteiger partial charge in [-0.05, 0) is 25.1 Å². The molecule has 90 valence electrons. The molecule has 2 atom stereocenters. The van der Waals surface area contributed by atoms with Crippen molar-refractivity contribution >= 4 is 11.8 Å². The van der Waals surface area contributed by atoms with E-state index in [1.807, 2.05) is 0 Å². The van der Waals surface area contributed by atoms with Crippen LogP contribution in [0.5, 0.6) is 5.75 Å². The smallest absolute Gasteiger partial charge is 0.415 e. The summed E-state index contributed by atoms with van der Waals surface area (Å²) in [5, 5.41) is 13.0. The van der Waals surface area contributed by atoms with Gasteiger partial charge in [0.1, 0.15) is 11.9 Å². The Labute approximate surface area is 99.0 Å². The zero-order chi connectivity index (χ0) is 11.8. The van der Waals surface area contributed by atoms with Gasteiger partial charge in [-0.1, -0.05) is 12.1 Å². The van der Waals surface area contributed by atoms with E-state index in [0.717, 1.165) is 13.0 Å². The van der Waals surface area contributed by atoms with Crippen molar-refractivity contribution in [2.75, 3.05) is 18.0 Å². The topological polar surface area (TPSA) is 61.8 Å². The fourth-order valence-corrected chi connectivity index (χ4v) is 2.50. The SMILES string of the molecule is O=C1OC2CNCCC2N1c1ccccc1O. The fraction of sp³-hybridized carbons (Fsp3) is 0.417. The number of benzene rings is 1. The first-order valence-electron chi connectivity index (χ1n) is 5.76. The number of carbonyl (C=O) groups excluding carboxylic acids is 1. The first kappa shape index (κ1) is 10.4. The highest BCUT2D eigenvalue weighted by Gasteiger charge is 2.44. The summed E-state index contributed by atoms with van der Waals surface area (Å²) in [6.07, 6.45) is 0.353. The largest absolute Gasteiger partial charge is 0.506 e. The minimum absolute atomic E-state index is 0.0250. The number of rotatable bonds is 1. The number of fused-ring (bicyclic) bond motifs is 1. The molecular weight excluding hydrogens is 220 g/mol. The van der Waals surface area contributed by atoms with Gasteiger partial charge < -0.3 is 15.2 Å². The quantitative estimate of drug-likeness (QED) is 0.763. The number of nitrogens with one attached hydrogen (secondary N) is 1. The van der Waals surface area contributed by atoms with Crippen LogP contribution in [-0.4, -0.2) is 36.4 Å². The van der Waals surface area contributed by atoms with E-state index in [1.54, 1.807) is 29.2 Å². The number of hydrogen-bond acceptors (Lipinski definition) is 4. The molecule has 2 N–H and O–H groups in total. The van der Waals surface area contributed by atoms with Crippen LogP contribution >= 0.6 is 0 Å². The molecule has 2 heterocycles. The number of aromatic hydroxyl groups is 1. The van der Waals surface area contributed by atoms with Gasteiger partial charge in [0.2, 0.25) is 0 Å². The van der Waals surface area contributed by atoms with E-state index in [-0.39, 0.29) is 24.0 Å². The average molecular weight is 234 g/mol. The molecule has 1 amide bonds. The number of amides is 1. The first-order valence-corrected chi connectivity index (χ1v) is 5.76. The lowest BCUT2D eigenvalue weighted by molar-refractivity contribution is 0.121. The molecule has 0 bridgehead atoms. The standard InChI is InChI=1S/C12H14N2O3/c15-10-4-2-1-3-8(10)14-9-5-6-13-7-11(9)17-12(14)16/h1-4,9,11,13,15H,5-7H2. The summed E-state index contributed by atoms with van der Waals surface area (Å²) in [5.41, 5.74) is 0.534. The normalized spacial score (nSPS) is 27.8. The molecule has 1 aromatic carbocycles. The Bertz CT molecular complexity index is 449. The Morgan fingerprint density at radius 2 is 2.24 bits per heavy atom. The Hall–Kier alpha value is -1.75. The van der Waals surface area contributed by atoms with Crippen LogP contribution in [0.15, 0.2) is 24.3 Å². The second-order valence-electron chi connectivity index (χ2n) is 4.34. The average Bonchev–Trinajstić information content (AvgIpc) is 2.66. The highest BCUT2D eigenvalue weighted by Crippen LogP contribution is 2.35. The lowest BCUT2D eigenvalue weighted by Crippen LogP contribution is -2.47. The summed E-state index contributed by atoms with van der Waals surface area (Å²) in [6.45, 7) is 1.54. The highest BCUT2D eigenvalue weighted by atomic mass is 16.6. The molecule has 0 radical (unpaired) electrons. The molecule has 0 spiro atoms. The van der Waals surface area contributed by atoms with Crippen LogP contribution in [0.25, 0.3) is 0 Å². The Kier molecular flexibility index (Phi) is 2.40. The van der Waals surface area contributed by atoms with Gasteiger partial charge in [0.15, 0.2) is 0 Å².